The lowest BCUT2D eigenvalue weighted by Crippen LogP contribution is -1.94. The van der Waals surface area contributed by atoms with Gasteiger partial charge >= 0.3 is 0 Å². The molecule has 18 heavy (non-hydrogen) atoms. The Labute approximate surface area is 112 Å². The monoisotopic (exact) mass is 262 g/mol. The standard InChI is InChI=1S/C15H15ClO2/c1-2-17-14-8-3-4-9-15(14)18-13-7-5-6-12(10-13)11-16/h3-10H,2,11H2,1H3. The minimum absolute atomic E-state index is 0.476. The van der Waals surface area contributed by atoms with E-state index in [-0.39, 0.29) is 0 Å². The molecule has 0 heterocycles. The van der Waals surface area contributed by atoms with Crippen LogP contribution in [0.1, 0.15) is 12.5 Å². The summed E-state index contributed by atoms with van der Waals surface area (Å²) in [5.41, 5.74) is 1.03. The zero-order chi connectivity index (χ0) is 12.8. The summed E-state index contributed by atoms with van der Waals surface area (Å²) in [7, 11) is 0. The molecular formula is C15H15ClO2. The number of halogens is 1. The second-order valence-corrected chi connectivity index (χ2v) is 4.03. The van der Waals surface area contributed by atoms with Crippen LogP contribution < -0.4 is 9.47 Å². The molecular weight excluding hydrogens is 248 g/mol. The molecule has 2 aromatic rings. The first-order valence-electron chi connectivity index (χ1n) is 5.88. The molecule has 0 unspecified atom stereocenters. The topological polar surface area (TPSA) is 18.5 Å². The van der Waals surface area contributed by atoms with Crippen molar-refractivity contribution in [3.8, 4) is 17.2 Å². The first-order valence-corrected chi connectivity index (χ1v) is 6.41. The maximum absolute atomic E-state index is 5.82. The van der Waals surface area contributed by atoms with E-state index in [1.54, 1.807) is 0 Å². The van der Waals surface area contributed by atoms with Crippen molar-refractivity contribution in [2.24, 2.45) is 0 Å². The Balaban J connectivity index is 2.22. The van der Waals surface area contributed by atoms with Gasteiger partial charge in [-0.05, 0) is 36.8 Å². The van der Waals surface area contributed by atoms with Gasteiger partial charge in [-0.2, -0.15) is 0 Å². The van der Waals surface area contributed by atoms with Gasteiger partial charge in [0.25, 0.3) is 0 Å². The van der Waals surface area contributed by atoms with E-state index in [1.165, 1.54) is 0 Å². The zero-order valence-corrected chi connectivity index (χ0v) is 11.0. The Bertz CT molecular complexity index is 511. The second kappa shape index (κ2) is 6.31. The fourth-order valence-corrected chi connectivity index (χ4v) is 1.79. The lowest BCUT2D eigenvalue weighted by Gasteiger charge is -2.11. The normalized spacial score (nSPS) is 10.1. The van der Waals surface area contributed by atoms with E-state index in [9.17, 15) is 0 Å². The van der Waals surface area contributed by atoms with Crippen LogP contribution in [0.5, 0.6) is 17.2 Å². The number of ether oxygens (including phenoxy) is 2. The van der Waals surface area contributed by atoms with Crippen molar-refractivity contribution in [2.45, 2.75) is 12.8 Å². The molecule has 0 bridgehead atoms. The van der Waals surface area contributed by atoms with Gasteiger partial charge < -0.3 is 9.47 Å². The van der Waals surface area contributed by atoms with Crippen LogP contribution >= 0.6 is 11.6 Å². The van der Waals surface area contributed by atoms with Gasteiger partial charge in [0, 0.05) is 5.88 Å². The third kappa shape index (κ3) is 3.17. The average Bonchev–Trinajstić information content (AvgIpc) is 2.41. The molecule has 0 atom stereocenters. The van der Waals surface area contributed by atoms with E-state index in [0.29, 0.717) is 18.2 Å². The molecule has 0 fully saturated rings. The van der Waals surface area contributed by atoms with E-state index in [1.807, 2.05) is 55.5 Å². The first kappa shape index (κ1) is 12.8. The molecule has 0 saturated heterocycles. The second-order valence-electron chi connectivity index (χ2n) is 3.76. The number of benzene rings is 2. The van der Waals surface area contributed by atoms with Gasteiger partial charge in [-0.1, -0.05) is 24.3 Å². The molecule has 94 valence electrons. The van der Waals surface area contributed by atoms with Crippen LogP contribution in [0.2, 0.25) is 0 Å². The van der Waals surface area contributed by atoms with Gasteiger partial charge in [-0.15, -0.1) is 11.6 Å². The van der Waals surface area contributed by atoms with Gasteiger partial charge in [-0.3, -0.25) is 0 Å². The van der Waals surface area contributed by atoms with Gasteiger partial charge in [0.15, 0.2) is 11.5 Å². The van der Waals surface area contributed by atoms with E-state index in [2.05, 4.69) is 0 Å². The molecule has 0 spiro atoms. The van der Waals surface area contributed by atoms with Crippen LogP contribution in [-0.2, 0) is 5.88 Å². The van der Waals surface area contributed by atoms with Crippen molar-refractivity contribution < 1.29 is 9.47 Å². The Morgan fingerprint density at radius 2 is 1.78 bits per heavy atom. The van der Waals surface area contributed by atoms with Crippen molar-refractivity contribution in [3.05, 3.63) is 54.1 Å². The minimum Gasteiger partial charge on any atom is -0.490 e. The summed E-state index contributed by atoms with van der Waals surface area (Å²) >= 11 is 5.80. The van der Waals surface area contributed by atoms with Gasteiger partial charge in [0.05, 0.1) is 6.61 Å². The quantitative estimate of drug-likeness (QED) is 0.732. The zero-order valence-electron chi connectivity index (χ0n) is 10.2. The van der Waals surface area contributed by atoms with Crippen molar-refractivity contribution in [3.63, 3.8) is 0 Å². The van der Waals surface area contributed by atoms with E-state index >= 15 is 0 Å². The Morgan fingerprint density at radius 3 is 2.50 bits per heavy atom. The number of para-hydroxylation sites is 2. The summed E-state index contributed by atoms with van der Waals surface area (Å²) in [5, 5.41) is 0. The molecule has 0 aliphatic rings. The molecule has 0 N–H and O–H groups in total. The molecule has 0 aliphatic carbocycles. The van der Waals surface area contributed by atoms with Crippen LogP contribution in [-0.4, -0.2) is 6.61 Å². The maximum Gasteiger partial charge on any atom is 0.169 e. The average molecular weight is 263 g/mol. The predicted octanol–water partition coefficient (Wildman–Crippen LogP) is 4.62. The van der Waals surface area contributed by atoms with E-state index < -0.39 is 0 Å². The Hall–Kier alpha value is -1.67. The van der Waals surface area contributed by atoms with Crippen LogP contribution in [0.4, 0.5) is 0 Å². The smallest absolute Gasteiger partial charge is 0.169 e. The molecule has 0 saturated carbocycles. The third-order valence-electron chi connectivity index (χ3n) is 2.43. The Morgan fingerprint density at radius 1 is 1.00 bits per heavy atom. The Kier molecular flexibility index (Phi) is 4.48. The molecule has 0 aromatic heterocycles. The first-order chi connectivity index (χ1) is 8.83. The largest absolute Gasteiger partial charge is 0.490 e. The van der Waals surface area contributed by atoms with E-state index in [4.69, 9.17) is 21.1 Å². The summed E-state index contributed by atoms with van der Waals surface area (Å²) in [5.74, 6) is 2.70. The van der Waals surface area contributed by atoms with Gasteiger partial charge in [-0.25, -0.2) is 0 Å². The molecule has 0 aliphatic heterocycles. The number of hydrogen-bond acceptors (Lipinski definition) is 2. The highest BCUT2D eigenvalue weighted by atomic mass is 35.5. The van der Waals surface area contributed by atoms with E-state index in [0.717, 1.165) is 17.1 Å². The lowest BCUT2D eigenvalue weighted by atomic mass is 10.2. The van der Waals surface area contributed by atoms with Crippen molar-refractivity contribution in [2.75, 3.05) is 6.61 Å². The number of hydrogen-bond donors (Lipinski definition) is 0. The molecule has 0 amide bonds. The molecule has 0 radical (unpaired) electrons. The van der Waals surface area contributed by atoms with Crippen molar-refractivity contribution in [1.29, 1.82) is 0 Å². The van der Waals surface area contributed by atoms with Crippen molar-refractivity contribution in [1.82, 2.24) is 0 Å². The highest BCUT2D eigenvalue weighted by Crippen LogP contribution is 2.31. The molecule has 2 aromatic carbocycles. The molecule has 2 nitrogen and oxygen atoms in total. The minimum atomic E-state index is 0.476. The lowest BCUT2D eigenvalue weighted by molar-refractivity contribution is 0.321. The summed E-state index contributed by atoms with van der Waals surface area (Å²) in [6, 6.07) is 15.3. The fraction of sp³-hybridized carbons (Fsp3) is 0.200. The highest BCUT2D eigenvalue weighted by Gasteiger charge is 2.05. The summed E-state index contributed by atoms with van der Waals surface area (Å²) < 4.78 is 11.3. The summed E-state index contributed by atoms with van der Waals surface area (Å²) in [6.07, 6.45) is 0. The van der Waals surface area contributed by atoms with Crippen LogP contribution in [0.3, 0.4) is 0 Å². The summed E-state index contributed by atoms with van der Waals surface area (Å²) in [6.45, 7) is 2.56. The fourth-order valence-electron chi connectivity index (χ4n) is 1.63. The summed E-state index contributed by atoms with van der Waals surface area (Å²) in [4.78, 5) is 0. The van der Waals surface area contributed by atoms with Crippen molar-refractivity contribution >= 4 is 11.6 Å². The van der Waals surface area contributed by atoms with Gasteiger partial charge in [0.2, 0.25) is 0 Å². The van der Waals surface area contributed by atoms with Crippen LogP contribution in [0.25, 0.3) is 0 Å². The number of rotatable bonds is 5. The number of alkyl halides is 1. The predicted molar refractivity (Wildman–Crippen MR) is 73.7 cm³/mol. The highest BCUT2D eigenvalue weighted by molar-refractivity contribution is 6.17. The van der Waals surface area contributed by atoms with Crippen LogP contribution in [0.15, 0.2) is 48.5 Å². The molecule has 2 rings (SSSR count). The molecule has 3 heteroatoms. The third-order valence-corrected chi connectivity index (χ3v) is 2.74. The SMILES string of the molecule is CCOc1ccccc1Oc1cccc(CCl)c1. The maximum atomic E-state index is 5.82. The van der Waals surface area contributed by atoms with Crippen LogP contribution in [0, 0.1) is 0 Å². The van der Waals surface area contributed by atoms with Gasteiger partial charge in [0.1, 0.15) is 5.75 Å².